The Bertz CT molecular complexity index is 641. The molecule has 0 aromatic heterocycles. The molecule has 0 spiro atoms. The van der Waals surface area contributed by atoms with Crippen molar-refractivity contribution in [1.82, 2.24) is 0 Å². The van der Waals surface area contributed by atoms with E-state index in [1.165, 1.54) is 10.5 Å². The lowest BCUT2D eigenvalue weighted by molar-refractivity contribution is 0.413. The van der Waals surface area contributed by atoms with Gasteiger partial charge >= 0.3 is 0 Å². The van der Waals surface area contributed by atoms with Crippen molar-refractivity contribution in [2.24, 2.45) is 0 Å². The topological polar surface area (TPSA) is 33.0 Å². The fourth-order valence-corrected chi connectivity index (χ4v) is 2.89. The number of ether oxygens (including phenoxy) is 1. The maximum Gasteiger partial charge on any atom is 0.136 e. The summed E-state index contributed by atoms with van der Waals surface area (Å²) in [6, 6.07) is 16.6. The summed E-state index contributed by atoms with van der Waals surface area (Å²) in [5.41, 5.74) is 3.08. The standard InChI is InChI=1S/C18H19NOS/c1-13(2)15-5-7-17(8-6-15)21-12-14-4-9-18(20-3)16(10-14)11-19/h4-10,13H,12H2,1-3H3. The molecule has 0 saturated heterocycles. The van der Waals surface area contributed by atoms with Crippen LogP contribution in [-0.2, 0) is 5.75 Å². The number of thioether (sulfide) groups is 1. The maximum absolute atomic E-state index is 9.10. The van der Waals surface area contributed by atoms with E-state index in [0.29, 0.717) is 17.2 Å². The maximum atomic E-state index is 9.10. The van der Waals surface area contributed by atoms with Crippen LogP contribution in [0.3, 0.4) is 0 Å². The molecule has 0 saturated carbocycles. The van der Waals surface area contributed by atoms with Gasteiger partial charge < -0.3 is 4.74 Å². The molecule has 0 amide bonds. The Labute approximate surface area is 130 Å². The summed E-state index contributed by atoms with van der Waals surface area (Å²) in [6.45, 7) is 4.39. The normalized spacial score (nSPS) is 10.4. The average molecular weight is 297 g/mol. The van der Waals surface area contributed by atoms with E-state index < -0.39 is 0 Å². The van der Waals surface area contributed by atoms with Crippen LogP contribution >= 0.6 is 11.8 Å². The zero-order valence-electron chi connectivity index (χ0n) is 12.6. The van der Waals surface area contributed by atoms with Crippen LogP contribution in [0.25, 0.3) is 0 Å². The van der Waals surface area contributed by atoms with Gasteiger partial charge in [0.1, 0.15) is 11.8 Å². The SMILES string of the molecule is COc1ccc(CSc2ccc(C(C)C)cc2)cc1C#N. The van der Waals surface area contributed by atoms with Crippen LogP contribution < -0.4 is 4.74 Å². The van der Waals surface area contributed by atoms with Gasteiger partial charge in [0, 0.05) is 10.6 Å². The van der Waals surface area contributed by atoms with Gasteiger partial charge in [0.05, 0.1) is 12.7 Å². The van der Waals surface area contributed by atoms with Gasteiger partial charge in [-0.3, -0.25) is 0 Å². The van der Waals surface area contributed by atoms with Gasteiger partial charge in [-0.2, -0.15) is 5.26 Å². The van der Waals surface area contributed by atoms with Crippen LogP contribution in [0.15, 0.2) is 47.4 Å². The van der Waals surface area contributed by atoms with Gasteiger partial charge in [-0.15, -0.1) is 11.8 Å². The van der Waals surface area contributed by atoms with Crippen LogP contribution in [0.4, 0.5) is 0 Å². The monoisotopic (exact) mass is 297 g/mol. The highest BCUT2D eigenvalue weighted by Crippen LogP contribution is 2.27. The lowest BCUT2D eigenvalue weighted by Gasteiger charge is -2.08. The third kappa shape index (κ3) is 4.03. The summed E-state index contributed by atoms with van der Waals surface area (Å²) < 4.78 is 5.16. The molecule has 0 aliphatic carbocycles. The van der Waals surface area contributed by atoms with Crippen LogP contribution in [0.5, 0.6) is 5.75 Å². The predicted octanol–water partition coefficient (Wildman–Crippen LogP) is 4.98. The third-order valence-electron chi connectivity index (χ3n) is 3.34. The van der Waals surface area contributed by atoms with E-state index >= 15 is 0 Å². The number of nitrogens with zero attached hydrogens (tertiary/aromatic N) is 1. The first kappa shape index (κ1) is 15.5. The van der Waals surface area contributed by atoms with Crippen LogP contribution in [0.1, 0.15) is 36.5 Å². The third-order valence-corrected chi connectivity index (χ3v) is 4.42. The molecule has 2 aromatic carbocycles. The molecule has 2 rings (SSSR count). The van der Waals surface area contributed by atoms with Crippen molar-refractivity contribution in [1.29, 1.82) is 5.26 Å². The molecule has 3 heteroatoms. The lowest BCUT2D eigenvalue weighted by atomic mass is 10.0. The smallest absolute Gasteiger partial charge is 0.136 e. The number of hydrogen-bond donors (Lipinski definition) is 0. The first-order chi connectivity index (χ1) is 10.1. The molecule has 21 heavy (non-hydrogen) atoms. The van der Waals surface area contributed by atoms with Crippen molar-refractivity contribution < 1.29 is 4.74 Å². The van der Waals surface area contributed by atoms with E-state index in [-0.39, 0.29) is 0 Å². The molecule has 0 aliphatic rings. The summed E-state index contributed by atoms with van der Waals surface area (Å²) in [4.78, 5) is 1.24. The van der Waals surface area contributed by atoms with Gasteiger partial charge in [0.2, 0.25) is 0 Å². The van der Waals surface area contributed by atoms with E-state index in [2.05, 4.69) is 44.2 Å². The van der Waals surface area contributed by atoms with E-state index in [1.54, 1.807) is 18.9 Å². The molecule has 0 unspecified atom stereocenters. The second-order valence-electron chi connectivity index (χ2n) is 5.16. The van der Waals surface area contributed by atoms with Crippen molar-refractivity contribution in [2.75, 3.05) is 7.11 Å². The van der Waals surface area contributed by atoms with E-state index in [1.807, 2.05) is 18.2 Å². The highest BCUT2D eigenvalue weighted by Gasteiger charge is 2.05. The highest BCUT2D eigenvalue weighted by molar-refractivity contribution is 7.98. The minimum Gasteiger partial charge on any atom is -0.495 e. The highest BCUT2D eigenvalue weighted by atomic mass is 32.2. The van der Waals surface area contributed by atoms with Gasteiger partial charge in [0.25, 0.3) is 0 Å². The fourth-order valence-electron chi connectivity index (χ4n) is 2.05. The Morgan fingerprint density at radius 3 is 2.43 bits per heavy atom. The number of nitriles is 1. The molecule has 0 fully saturated rings. The molecular weight excluding hydrogens is 278 g/mol. The Morgan fingerprint density at radius 1 is 1.14 bits per heavy atom. The van der Waals surface area contributed by atoms with Crippen molar-refractivity contribution in [3.05, 3.63) is 59.2 Å². The van der Waals surface area contributed by atoms with Crippen molar-refractivity contribution in [2.45, 2.75) is 30.4 Å². The summed E-state index contributed by atoms with van der Waals surface area (Å²) in [5, 5.41) is 9.10. The fraction of sp³-hybridized carbons (Fsp3) is 0.278. The van der Waals surface area contributed by atoms with Crippen LogP contribution in [0.2, 0.25) is 0 Å². The van der Waals surface area contributed by atoms with Gasteiger partial charge in [0.15, 0.2) is 0 Å². The largest absolute Gasteiger partial charge is 0.495 e. The van der Waals surface area contributed by atoms with Crippen LogP contribution in [0, 0.1) is 11.3 Å². The lowest BCUT2D eigenvalue weighted by Crippen LogP contribution is -1.90. The average Bonchev–Trinajstić information content (AvgIpc) is 2.52. The van der Waals surface area contributed by atoms with Gasteiger partial charge in [-0.25, -0.2) is 0 Å². The molecule has 2 aromatic rings. The molecule has 0 N–H and O–H groups in total. The molecule has 0 atom stereocenters. The van der Waals surface area contributed by atoms with Gasteiger partial charge in [-0.05, 0) is 41.3 Å². The zero-order chi connectivity index (χ0) is 15.2. The van der Waals surface area contributed by atoms with Crippen molar-refractivity contribution in [3.8, 4) is 11.8 Å². The summed E-state index contributed by atoms with van der Waals surface area (Å²) in [6.07, 6.45) is 0. The van der Waals surface area contributed by atoms with E-state index in [4.69, 9.17) is 10.00 Å². The number of benzene rings is 2. The van der Waals surface area contributed by atoms with E-state index in [9.17, 15) is 0 Å². The molecule has 2 nitrogen and oxygen atoms in total. The quantitative estimate of drug-likeness (QED) is 0.729. The molecule has 108 valence electrons. The Hall–Kier alpha value is -1.92. The minimum atomic E-state index is 0.559. The molecule has 0 radical (unpaired) electrons. The molecule has 0 bridgehead atoms. The van der Waals surface area contributed by atoms with Crippen molar-refractivity contribution >= 4 is 11.8 Å². The number of rotatable bonds is 5. The first-order valence-electron chi connectivity index (χ1n) is 6.94. The summed E-state index contributed by atoms with van der Waals surface area (Å²) in [7, 11) is 1.58. The van der Waals surface area contributed by atoms with E-state index in [0.717, 1.165) is 11.3 Å². The predicted molar refractivity (Wildman–Crippen MR) is 87.8 cm³/mol. The second-order valence-corrected chi connectivity index (χ2v) is 6.21. The van der Waals surface area contributed by atoms with Crippen LogP contribution in [-0.4, -0.2) is 7.11 Å². The van der Waals surface area contributed by atoms with Crippen molar-refractivity contribution in [3.63, 3.8) is 0 Å². The molecule has 0 heterocycles. The second kappa shape index (κ2) is 7.19. The molecule has 0 aliphatic heterocycles. The van der Waals surface area contributed by atoms with Gasteiger partial charge in [-0.1, -0.05) is 32.0 Å². The molecular formula is C18H19NOS. The Morgan fingerprint density at radius 2 is 1.86 bits per heavy atom. The Balaban J connectivity index is 2.04. The minimum absolute atomic E-state index is 0.559. The zero-order valence-corrected chi connectivity index (χ0v) is 13.4. The summed E-state index contributed by atoms with van der Waals surface area (Å²) in [5.74, 6) is 2.04. The first-order valence-corrected chi connectivity index (χ1v) is 7.92. The Kier molecular flexibility index (Phi) is 5.30. The number of methoxy groups -OCH3 is 1. The number of hydrogen-bond acceptors (Lipinski definition) is 3. The summed E-state index contributed by atoms with van der Waals surface area (Å²) >= 11 is 1.78.